The van der Waals surface area contributed by atoms with Crippen LogP contribution in [0.3, 0.4) is 0 Å². The van der Waals surface area contributed by atoms with Crippen LogP contribution in [0.25, 0.3) is 0 Å². The van der Waals surface area contributed by atoms with Gasteiger partial charge < -0.3 is 14.8 Å². The number of nitrogens with one attached hydrogen (secondary N) is 1. The third kappa shape index (κ3) is 5.24. The lowest BCUT2D eigenvalue weighted by atomic mass is 10.1. The molecule has 28 heavy (non-hydrogen) atoms. The van der Waals surface area contributed by atoms with Crippen LogP contribution in [0.2, 0.25) is 5.02 Å². The van der Waals surface area contributed by atoms with Gasteiger partial charge in [-0.1, -0.05) is 48.0 Å². The molecule has 0 saturated heterocycles. The van der Waals surface area contributed by atoms with Crippen molar-refractivity contribution in [3.8, 4) is 11.5 Å². The van der Waals surface area contributed by atoms with Gasteiger partial charge >= 0.3 is 0 Å². The van der Waals surface area contributed by atoms with E-state index < -0.39 is 0 Å². The van der Waals surface area contributed by atoms with Crippen LogP contribution >= 0.6 is 11.6 Å². The minimum atomic E-state index is -0.235. The van der Waals surface area contributed by atoms with Crippen LogP contribution in [0.4, 0.5) is 4.39 Å². The molecule has 0 saturated carbocycles. The average Bonchev–Trinajstić information content (AvgIpc) is 2.69. The van der Waals surface area contributed by atoms with Gasteiger partial charge in [0.1, 0.15) is 12.4 Å². The van der Waals surface area contributed by atoms with Crippen molar-refractivity contribution in [2.45, 2.75) is 26.6 Å². The number of hydrogen-bond donors (Lipinski definition) is 1. The molecule has 0 bridgehead atoms. The van der Waals surface area contributed by atoms with Crippen LogP contribution in [-0.4, -0.2) is 7.11 Å². The van der Waals surface area contributed by atoms with Crippen LogP contribution in [0, 0.1) is 12.7 Å². The molecule has 3 aromatic rings. The maximum Gasteiger partial charge on any atom is 0.180 e. The predicted molar refractivity (Wildman–Crippen MR) is 110 cm³/mol. The maximum absolute atomic E-state index is 13.0. The van der Waals surface area contributed by atoms with Gasteiger partial charge in [0.2, 0.25) is 0 Å². The zero-order chi connectivity index (χ0) is 19.9. The van der Waals surface area contributed by atoms with E-state index >= 15 is 0 Å². The van der Waals surface area contributed by atoms with Crippen molar-refractivity contribution in [1.82, 2.24) is 5.32 Å². The Labute approximate surface area is 170 Å². The highest BCUT2D eigenvalue weighted by molar-refractivity contribution is 6.32. The Kier molecular flexibility index (Phi) is 6.90. The summed E-state index contributed by atoms with van der Waals surface area (Å²) in [5, 5.41) is 3.83. The van der Waals surface area contributed by atoms with E-state index in [1.807, 2.05) is 43.3 Å². The second kappa shape index (κ2) is 9.58. The summed E-state index contributed by atoms with van der Waals surface area (Å²) < 4.78 is 24.4. The number of halogens is 2. The number of hydrogen-bond acceptors (Lipinski definition) is 3. The Balaban J connectivity index is 1.65. The summed E-state index contributed by atoms with van der Waals surface area (Å²) in [4.78, 5) is 0. The second-order valence-corrected chi connectivity index (χ2v) is 6.96. The molecular weight excluding hydrogens is 377 g/mol. The topological polar surface area (TPSA) is 30.5 Å². The van der Waals surface area contributed by atoms with Crippen molar-refractivity contribution in [3.05, 3.63) is 93.8 Å². The highest BCUT2D eigenvalue weighted by Gasteiger charge is 2.13. The largest absolute Gasteiger partial charge is 0.493 e. The van der Waals surface area contributed by atoms with Gasteiger partial charge in [-0.15, -0.1) is 0 Å². The van der Waals surface area contributed by atoms with Crippen molar-refractivity contribution in [3.63, 3.8) is 0 Å². The van der Waals surface area contributed by atoms with Gasteiger partial charge in [0, 0.05) is 13.1 Å². The molecule has 0 heterocycles. The molecule has 0 radical (unpaired) electrons. The molecule has 3 aromatic carbocycles. The fourth-order valence-electron chi connectivity index (χ4n) is 2.89. The highest BCUT2D eigenvalue weighted by atomic mass is 35.5. The number of ether oxygens (including phenoxy) is 2. The summed E-state index contributed by atoms with van der Waals surface area (Å²) in [6.07, 6.45) is 0. The Morgan fingerprint density at radius 3 is 2.39 bits per heavy atom. The Hall–Kier alpha value is -2.56. The standard InChI is InChI=1S/C23H23ClFNO2/c1-16-5-3-4-6-19(16)15-28-23-21(24)11-18(12-22(23)27-2)14-26-13-17-7-9-20(25)10-8-17/h3-12,26H,13-15H2,1-2H3. The minimum Gasteiger partial charge on any atom is -0.493 e. The average molecular weight is 400 g/mol. The fourth-order valence-corrected chi connectivity index (χ4v) is 3.18. The van der Waals surface area contributed by atoms with E-state index in [-0.39, 0.29) is 5.82 Å². The van der Waals surface area contributed by atoms with Gasteiger partial charge in [-0.2, -0.15) is 0 Å². The third-order valence-electron chi connectivity index (χ3n) is 4.49. The summed E-state index contributed by atoms with van der Waals surface area (Å²) in [7, 11) is 1.60. The Morgan fingerprint density at radius 1 is 0.964 bits per heavy atom. The lowest BCUT2D eigenvalue weighted by Gasteiger charge is -2.15. The van der Waals surface area contributed by atoms with E-state index in [0.717, 1.165) is 16.7 Å². The van der Waals surface area contributed by atoms with E-state index in [2.05, 4.69) is 5.32 Å². The number of aryl methyl sites for hydroxylation is 1. The number of methoxy groups -OCH3 is 1. The quantitative estimate of drug-likeness (QED) is 0.529. The van der Waals surface area contributed by atoms with Crippen LogP contribution < -0.4 is 14.8 Å². The van der Waals surface area contributed by atoms with Gasteiger partial charge in [-0.25, -0.2) is 4.39 Å². The molecule has 3 rings (SSSR count). The van der Waals surface area contributed by atoms with Crippen LogP contribution in [0.1, 0.15) is 22.3 Å². The molecule has 3 nitrogen and oxygen atoms in total. The van der Waals surface area contributed by atoms with Crippen molar-refractivity contribution in [2.24, 2.45) is 0 Å². The first-order valence-corrected chi connectivity index (χ1v) is 9.43. The van der Waals surface area contributed by atoms with E-state index in [9.17, 15) is 4.39 Å². The van der Waals surface area contributed by atoms with Gasteiger partial charge in [0.25, 0.3) is 0 Å². The predicted octanol–water partition coefficient (Wildman–Crippen LogP) is 5.66. The van der Waals surface area contributed by atoms with Gasteiger partial charge in [-0.05, 0) is 53.4 Å². The first kappa shape index (κ1) is 20.2. The third-order valence-corrected chi connectivity index (χ3v) is 4.77. The molecule has 0 spiro atoms. The van der Waals surface area contributed by atoms with E-state index in [1.165, 1.54) is 17.7 Å². The molecule has 0 unspecified atom stereocenters. The van der Waals surface area contributed by atoms with E-state index in [1.54, 1.807) is 19.2 Å². The summed E-state index contributed by atoms with van der Waals surface area (Å²) >= 11 is 6.46. The number of benzene rings is 3. The van der Waals surface area contributed by atoms with Crippen LogP contribution in [0.15, 0.2) is 60.7 Å². The summed E-state index contributed by atoms with van der Waals surface area (Å²) in [5.74, 6) is 0.899. The molecule has 0 aliphatic heterocycles. The van der Waals surface area contributed by atoms with Gasteiger partial charge in [-0.3, -0.25) is 0 Å². The Morgan fingerprint density at radius 2 is 1.68 bits per heavy atom. The molecule has 0 aromatic heterocycles. The molecule has 5 heteroatoms. The first-order chi connectivity index (χ1) is 13.6. The summed E-state index contributed by atoms with van der Waals surface area (Å²) in [5.41, 5.74) is 4.26. The molecule has 0 atom stereocenters. The molecule has 0 aliphatic rings. The van der Waals surface area contributed by atoms with Crippen LogP contribution in [0.5, 0.6) is 11.5 Å². The SMILES string of the molecule is COc1cc(CNCc2ccc(F)cc2)cc(Cl)c1OCc1ccccc1C. The van der Waals surface area contributed by atoms with Crippen LogP contribution in [-0.2, 0) is 19.7 Å². The molecular formula is C23H23ClFNO2. The lowest BCUT2D eigenvalue weighted by Crippen LogP contribution is -2.13. The molecule has 0 aliphatic carbocycles. The molecule has 0 fully saturated rings. The van der Waals surface area contributed by atoms with Crippen molar-refractivity contribution in [1.29, 1.82) is 0 Å². The highest BCUT2D eigenvalue weighted by Crippen LogP contribution is 2.37. The van der Waals surface area contributed by atoms with E-state index in [0.29, 0.717) is 36.2 Å². The smallest absolute Gasteiger partial charge is 0.180 e. The molecule has 1 N–H and O–H groups in total. The Bertz CT molecular complexity index is 928. The second-order valence-electron chi connectivity index (χ2n) is 6.55. The zero-order valence-electron chi connectivity index (χ0n) is 16.0. The van der Waals surface area contributed by atoms with Crippen molar-refractivity contribution in [2.75, 3.05) is 7.11 Å². The lowest BCUT2D eigenvalue weighted by molar-refractivity contribution is 0.284. The monoisotopic (exact) mass is 399 g/mol. The minimum absolute atomic E-state index is 0.235. The normalized spacial score (nSPS) is 10.7. The number of rotatable bonds is 8. The van der Waals surface area contributed by atoms with Crippen molar-refractivity contribution >= 4 is 11.6 Å². The van der Waals surface area contributed by atoms with Gasteiger partial charge in [0.15, 0.2) is 11.5 Å². The van der Waals surface area contributed by atoms with Crippen molar-refractivity contribution < 1.29 is 13.9 Å². The molecule has 146 valence electrons. The van der Waals surface area contributed by atoms with E-state index in [4.69, 9.17) is 21.1 Å². The first-order valence-electron chi connectivity index (χ1n) is 9.05. The molecule has 0 amide bonds. The fraction of sp³-hybridized carbons (Fsp3) is 0.217. The maximum atomic E-state index is 13.0. The summed E-state index contributed by atoms with van der Waals surface area (Å²) in [6, 6.07) is 18.3. The zero-order valence-corrected chi connectivity index (χ0v) is 16.7. The van der Waals surface area contributed by atoms with Gasteiger partial charge in [0.05, 0.1) is 12.1 Å². The summed E-state index contributed by atoms with van der Waals surface area (Å²) in [6.45, 7) is 3.70.